The molecule has 0 aliphatic carbocycles. The van der Waals surface area contributed by atoms with E-state index >= 15 is 0 Å². The Morgan fingerprint density at radius 2 is 1.76 bits per heavy atom. The summed E-state index contributed by atoms with van der Waals surface area (Å²) < 4.78 is 0. The normalized spacial score (nSPS) is 12.3. The largest absolute Gasteiger partial charge is 0.349 e. The van der Waals surface area contributed by atoms with E-state index in [1.807, 2.05) is 13.1 Å². The molecule has 21 heavy (non-hydrogen) atoms. The van der Waals surface area contributed by atoms with Crippen LogP contribution in [0, 0.1) is 0 Å². The predicted molar refractivity (Wildman–Crippen MR) is 87.0 cm³/mol. The summed E-state index contributed by atoms with van der Waals surface area (Å²) in [7, 11) is 0. The molecule has 4 heteroatoms. The van der Waals surface area contributed by atoms with Gasteiger partial charge in [-0.25, -0.2) is 0 Å². The number of amides is 1. The minimum absolute atomic E-state index is 0.0369. The molecular formula is C17H31N3O. The van der Waals surface area contributed by atoms with Crippen LogP contribution < -0.4 is 5.32 Å². The van der Waals surface area contributed by atoms with Crippen LogP contribution in [0.5, 0.6) is 0 Å². The number of nitrogens with one attached hydrogen (secondary N) is 2. The van der Waals surface area contributed by atoms with Crippen LogP contribution in [-0.4, -0.2) is 16.1 Å². The number of hydrogen-bond acceptors (Lipinski definition) is 2. The topological polar surface area (TPSA) is 57.8 Å². The van der Waals surface area contributed by atoms with Gasteiger partial charge in [-0.1, -0.05) is 58.3 Å². The maximum Gasteiger partial charge on any atom is 0.220 e. The molecule has 0 spiro atoms. The molecule has 1 rings (SSSR count). The first-order valence-corrected chi connectivity index (χ1v) is 8.52. The van der Waals surface area contributed by atoms with E-state index in [-0.39, 0.29) is 11.9 Å². The molecule has 0 aromatic carbocycles. The molecule has 1 unspecified atom stereocenters. The molecular weight excluding hydrogens is 262 g/mol. The van der Waals surface area contributed by atoms with E-state index in [0.717, 1.165) is 12.0 Å². The zero-order valence-corrected chi connectivity index (χ0v) is 13.7. The van der Waals surface area contributed by atoms with Gasteiger partial charge >= 0.3 is 0 Å². The minimum Gasteiger partial charge on any atom is -0.349 e. The van der Waals surface area contributed by atoms with Gasteiger partial charge in [0.05, 0.1) is 12.2 Å². The van der Waals surface area contributed by atoms with Crippen molar-refractivity contribution in [3.05, 3.63) is 18.0 Å². The summed E-state index contributed by atoms with van der Waals surface area (Å²) in [6.45, 7) is 4.23. The van der Waals surface area contributed by atoms with Crippen molar-refractivity contribution in [3.8, 4) is 0 Å². The van der Waals surface area contributed by atoms with Gasteiger partial charge in [-0.2, -0.15) is 5.10 Å². The molecule has 120 valence electrons. The Labute approximate surface area is 129 Å². The van der Waals surface area contributed by atoms with Crippen molar-refractivity contribution in [3.63, 3.8) is 0 Å². The number of H-pyrrole nitrogens is 1. The smallest absolute Gasteiger partial charge is 0.220 e. The third-order valence-electron chi connectivity index (χ3n) is 3.90. The monoisotopic (exact) mass is 293 g/mol. The lowest BCUT2D eigenvalue weighted by Crippen LogP contribution is -2.26. The molecule has 0 saturated carbocycles. The fourth-order valence-corrected chi connectivity index (χ4v) is 2.49. The molecule has 4 nitrogen and oxygen atoms in total. The van der Waals surface area contributed by atoms with E-state index in [2.05, 4.69) is 22.4 Å². The molecule has 2 N–H and O–H groups in total. The zero-order valence-electron chi connectivity index (χ0n) is 13.7. The van der Waals surface area contributed by atoms with Crippen molar-refractivity contribution in [2.24, 2.45) is 0 Å². The summed E-state index contributed by atoms with van der Waals surface area (Å²) in [6.07, 6.45) is 15.7. The summed E-state index contributed by atoms with van der Waals surface area (Å²) in [6, 6.07) is 0.0369. The van der Waals surface area contributed by atoms with Gasteiger partial charge in [0.1, 0.15) is 0 Å². The van der Waals surface area contributed by atoms with Gasteiger partial charge in [0.25, 0.3) is 0 Å². The number of carbonyl (C=O) groups is 1. The van der Waals surface area contributed by atoms with Gasteiger partial charge in [0, 0.05) is 18.2 Å². The number of hydrogen-bond donors (Lipinski definition) is 2. The third-order valence-corrected chi connectivity index (χ3v) is 3.90. The molecule has 1 atom stereocenters. The van der Waals surface area contributed by atoms with Gasteiger partial charge in [0.15, 0.2) is 0 Å². The van der Waals surface area contributed by atoms with Gasteiger partial charge in [-0.05, 0) is 13.3 Å². The number of rotatable bonds is 12. The highest BCUT2D eigenvalue weighted by atomic mass is 16.1. The summed E-state index contributed by atoms with van der Waals surface area (Å²) in [5, 5.41) is 9.67. The maximum atomic E-state index is 11.8. The Kier molecular flexibility index (Phi) is 9.58. The average Bonchev–Trinajstić information content (AvgIpc) is 3.00. The Morgan fingerprint density at radius 1 is 1.14 bits per heavy atom. The molecule has 0 fully saturated rings. The summed E-state index contributed by atoms with van der Waals surface area (Å²) in [5.74, 6) is 0.145. The molecule has 0 radical (unpaired) electrons. The van der Waals surface area contributed by atoms with E-state index in [4.69, 9.17) is 0 Å². The number of aromatic amines is 1. The quantitative estimate of drug-likeness (QED) is 0.557. The van der Waals surface area contributed by atoms with E-state index < -0.39 is 0 Å². The number of nitrogens with zero attached hydrogens (tertiary/aromatic N) is 1. The SMILES string of the molecule is CCCCCCCCCCCC(=O)NC(C)c1cn[nH]c1. The molecule has 0 saturated heterocycles. The summed E-state index contributed by atoms with van der Waals surface area (Å²) in [5.41, 5.74) is 1.02. The van der Waals surface area contributed by atoms with Gasteiger partial charge in [0.2, 0.25) is 5.91 Å². The van der Waals surface area contributed by atoms with Crippen molar-refractivity contribution in [1.29, 1.82) is 0 Å². The highest BCUT2D eigenvalue weighted by molar-refractivity contribution is 5.76. The fraction of sp³-hybridized carbons (Fsp3) is 0.765. The Hall–Kier alpha value is -1.32. The van der Waals surface area contributed by atoms with Crippen LogP contribution in [0.2, 0.25) is 0 Å². The molecule has 0 bridgehead atoms. The van der Waals surface area contributed by atoms with Crippen molar-refractivity contribution >= 4 is 5.91 Å². The second kappa shape index (κ2) is 11.4. The van der Waals surface area contributed by atoms with Crippen LogP contribution in [0.3, 0.4) is 0 Å². The lowest BCUT2D eigenvalue weighted by Gasteiger charge is -2.11. The van der Waals surface area contributed by atoms with Gasteiger partial charge in [-0.3, -0.25) is 9.89 Å². The average molecular weight is 293 g/mol. The third kappa shape index (κ3) is 8.53. The second-order valence-corrected chi connectivity index (χ2v) is 5.90. The van der Waals surface area contributed by atoms with E-state index in [1.54, 1.807) is 6.20 Å². The van der Waals surface area contributed by atoms with Crippen LogP contribution in [-0.2, 0) is 4.79 Å². The fourth-order valence-electron chi connectivity index (χ4n) is 2.49. The Balaban J connectivity index is 1.94. The Morgan fingerprint density at radius 3 is 2.33 bits per heavy atom. The first kappa shape index (κ1) is 17.7. The molecule has 1 heterocycles. The van der Waals surface area contributed by atoms with E-state index in [9.17, 15) is 4.79 Å². The van der Waals surface area contributed by atoms with Crippen molar-refractivity contribution in [2.75, 3.05) is 0 Å². The molecule has 1 aromatic heterocycles. The highest BCUT2D eigenvalue weighted by Gasteiger charge is 2.09. The zero-order chi connectivity index (χ0) is 15.3. The number of unbranched alkanes of at least 4 members (excludes halogenated alkanes) is 8. The van der Waals surface area contributed by atoms with Crippen LogP contribution in [0.1, 0.15) is 89.7 Å². The lowest BCUT2D eigenvalue weighted by atomic mass is 10.1. The summed E-state index contributed by atoms with van der Waals surface area (Å²) in [4.78, 5) is 11.8. The summed E-state index contributed by atoms with van der Waals surface area (Å²) >= 11 is 0. The van der Waals surface area contributed by atoms with Crippen LogP contribution in [0.15, 0.2) is 12.4 Å². The van der Waals surface area contributed by atoms with Crippen molar-refractivity contribution in [2.45, 2.75) is 84.1 Å². The first-order valence-electron chi connectivity index (χ1n) is 8.52. The van der Waals surface area contributed by atoms with Crippen molar-refractivity contribution < 1.29 is 4.79 Å². The van der Waals surface area contributed by atoms with E-state index in [0.29, 0.717) is 6.42 Å². The number of aromatic nitrogens is 2. The minimum atomic E-state index is 0.0369. The Bertz CT molecular complexity index is 362. The van der Waals surface area contributed by atoms with Crippen molar-refractivity contribution in [1.82, 2.24) is 15.5 Å². The molecule has 0 aliphatic heterocycles. The van der Waals surface area contributed by atoms with Crippen LogP contribution in [0.25, 0.3) is 0 Å². The standard InChI is InChI=1S/C17H31N3O/c1-3-4-5-6-7-8-9-10-11-12-17(21)20-15(2)16-13-18-19-14-16/h13-15H,3-12H2,1-2H3,(H,18,19)(H,20,21). The van der Waals surface area contributed by atoms with Crippen LogP contribution in [0.4, 0.5) is 0 Å². The first-order chi connectivity index (χ1) is 10.2. The maximum absolute atomic E-state index is 11.8. The molecule has 0 aliphatic rings. The van der Waals surface area contributed by atoms with Gasteiger partial charge < -0.3 is 5.32 Å². The highest BCUT2D eigenvalue weighted by Crippen LogP contribution is 2.12. The van der Waals surface area contributed by atoms with E-state index in [1.165, 1.54) is 51.4 Å². The molecule has 1 aromatic rings. The van der Waals surface area contributed by atoms with Gasteiger partial charge in [-0.15, -0.1) is 0 Å². The van der Waals surface area contributed by atoms with Crippen LogP contribution >= 0.6 is 0 Å². The molecule has 1 amide bonds. The lowest BCUT2D eigenvalue weighted by molar-refractivity contribution is -0.121. The number of carbonyl (C=O) groups excluding carboxylic acids is 1. The second-order valence-electron chi connectivity index (χ2n) is 5.90. The predicted octanol–water partition coefficient (Wildman–Crippen LogP) is 4.51.